The number of nitrogens with zero attached hydrogens (tertiary/aromatic N) is 2. The van der Waals surface area contributed by atoms with Gasteiger partial charge in [0.2, 0.25) is 0 Å². The van der Waals surface area contributed by atoms with E-state index in [1.807, 2.05) is 6.92 Å². The number of likely N-dealkylation sites (tertiary alicyclic amines) is 1. The number of halogens is 3. The molecule has 25 heavy (non-hydrogen) atoms. The Morgan fingerprint density at radius 1 is 1.32 bits per heavy atom. The largest absolute Gasteiger partial charge is 0.357 e. The molecule has 142 valence electrons. The third-order valence-corrected chi connectivity index (χ3v) is 4.72. The van der Waals surface area contributed by atoms with Gasteiger partial charge in [-0.3, -0.25) is 0 Å². The van der Waals surface area contributed by atoms with E-state index in [0.717, 1.165) is 42.9 Å². The first-order chi connectivity index (χ1) is 11.6. The van der Waals surface area contributed by atoms with E-state index in [9.17, 15) is 4.39 Å². The first kappa shape index (κ1) is 22.6. The number of guanidine groups is 1. The summed E-state index contributed by atoms with van der Waals surface area (Å²) in [5.74, 6) is 0.552. The van der Waals surface area contributed by atoms with Gasteiger partial charge in [0, 0.05) is 35.7 Å². The van der Waals surface area contributed by atoms with Crippen LogP contribution < -0.4 is 10.6 Å². The molecule has 4 nitrogen and oxygen atoms in total. The maximum absolute atomic E-state index is 13.8. The molecule has 0 aliphatic carbocycles. The fourth-order valence-electron chi connectivity index (χ4n) is 2.96. The Kier molecular flexibility index (Phi) is 10.9. The fraction of sp³-hybridized carbons (Fsp3) is 0.611. The lowest BCUT2D eigenvalue weighted by atomic mass is 10.1. The minimum Gasteiger partial charge on any atom is -0.357 e. The van der Waals surface area contributed by atoms with Crippen LogP contribution in [0.4, 0.5) is 4.39 Å². The second kappa shape index (κ2) is 12.1. The number of hydrogen-bond donors (Lipinski definition) is 2. The quantitative estimate of drug-likeness (QED) is 0.332. The van der Waals surface area contributed by atoms with Gasteiger partial charge in [0.05, 0.1) is 6.54 Å². The number of aliphatic imine (C=N–C) groups is 1. The molecule has 1 aromatic rings. The Balaban J connectivity index is 0.00000312. The number of rotatable bonds is 6. The number of hydrogen-bond acceptors (Lipinski definition) is 2. The summed E-state index contributed by atoms with van der Waals surface area (Å²) in [6.07, 6.45) is 3.45. The Labute approximate surface area is 176 Å². The van der Waals surface area contributed by atoms with Crippen molar-refractivity contribution >= 4 is 45.9 Å². The van der Waals surface area contributed by atoms with Gasteiger partial charge >= 0.3 is 0 Å². The maximum atomic E-state index is 13.8. The Morgan fingerprint density at radius 2 is 2.04 bits per heavy atom. The molecule has 0 amide bonds. The third kappa shape index (κ3) is 7.78. The van der Waals surface area contributed by atoms with E-state index in [1.165, 1.54) is 19.0 Å². The molecular formula is C18H29BrFIN4. The molecule has 0 aromatic heterocycles. The molecule has 1 aromatic carbocycles. The van der Waals surface area contributed by atoms with Gasteiger partial charge < -0.3 is 15.5 Å². The zero-order valence-electron chi connectivity index (χ0n) is 15.0. The summed E-state index contributed by atoms with van der Waals surface area (Å²) in [7, 11) is 0. The highest BCUT2D eigenvalue weighted by molar-refractivity contribution is 14.0. The standard InChI is InChI=1S/C18H28BrFN4.HI/c1-3-9-24-10-7-16(8-11-24)23-18(21-4-2)22-13-14-12-15(19)5-6-17(14)20;/h5-6,12,16H,3-4,7-11,13H2,1-2H3,(H2,21,22,23);1H. The highest BCUT2D eigenvalue weighted by Crippen LogP contribution is 2.16. The summed E-state index contributed by atoms with van der Waals surface area (Å²) < 4.78 is 14.7. The number of piperidine rings is 1. The van der Waals surface area contributed by atoms with Crippen LogP contribution in [0.3, 0.4) is 0 Å². The zero-order valence-corrected chi connectivity index (χ0v) is 18.9. The Morgan fingerprint density at radius 3 is 2.68 bits per heavy atom. The van der Waals surface area contributed by atoms with Gasteiger partial charge in [0.15, 0.2) is 5.96 Å². The second-order valence-corrected chi connectivity index (χ2v) is 7.11. The van der Waals surface area contributed by atoms with Gasteiger partial charge in [-0.25, -0.2) is 9.38 Å². The topological polar surface area (TPSA) is 39.7 Å². The van der Waals surface area contributed by atoms with Crippen LogP contribution in [-0.4, -0.2) is 43.1 Å². The highest BCUT2D eigenvalue weighted by atomic mass is 127. The summed E-state index contributed by atoms with van der Waals surface area (Å²) in [6.45, 7) is 8.83. The van der Waals surface area contributed by atoms with Gasteiger partial charge in [-0.1, -0.05) is 22.9 Å². The van der Waals surface area contributed by atoms with E-state index >= 15 is 0 Å². The van der Waals surface area contributed by atoms with Gasteiger partial charge in [0.25, 0.3) is 0 Å². The van der Waals surface area contributed by atoms with Crippen molar-refractivity contribution in [2.24, 2.45) is 4.99 Å². The van der Waals surface area contributed by atoms with Crippen LogP contribution in [0.1, 0.15) is 38.7 Å². The molecule has 1 heterocycles. The lowest BCUT2D eigenvalue weighted by Gasteiger charge is -2.32. The zero-order chi connectivity index (χ0) is 17.4. The highest BCUT2D eigenvalue weighted by Gasteiger charge is 2.19. The fourth-order valence-corrected chi connectivity index (χ4v) is 3.37. The molecule has 2 N–H and O–H groups in total. The van der Waals surface area contributed by atoms with Gasteiger partial charge in [-0.2, -0.15) is 0 Å². The number of nitrogens with one attached hydrogen (secondary N) is 2. The predicted octanol–water partition coefficient (Wildman–Crippen LogP) is 4.14. The van der Waals surface area contributed by atoms with Crippen LogP contribution >= 0.6 is 39.9 Å². The van der Waals surface area contributed by atoms with Crippen molar-refractivity contribution in [3.05, 3.63) is 34.1 Å². The molecule has 0 atom stereocenters. The van der Waals surface area contributed by atoms with Crippen molar-refractivity contribution in [3.8, 4) is 0 Å². The monoisotopic (exact) mass is 526 g/mol. The predicted molar refractivity (Wildman–Crippen MR) is 117 cm³/mol. The van der Waals surface area contributed by atoms with Crippen molar-refractivity contribution in [1.29, 1.82) is 0 Å². The van der Waals surface area contributed by atoms with E-state index in [4.69, 9.17) is 0 Å². The smallest absolute Gasteiger partial charge is 0.191 e. The van der Waals surface area contributed by atoms with Crippen molar-refractivity contribution in [1.82, 2.24) is 15.5 Å². The van der Waals surface area contributed by atoms with Gasteiger partial charge in [-0.15, -0.1) is 24.0 Å². The first-order valence-electron chi connectivity index (χ1n) is 8.83. The lowest BCUT2D eigenvalue weighted by molar-refractivity contribution is 0.206. The van der Waals surface area contributed by atoms with Crippen LogP contribution in [0.2, 0.25) is 0 Å². The number of benzene rings is 1. The van der Waals surface area contributed by atoms with E-state index in [2.05, 4.69) is 43.4 Å². The van der Waals surface area contributed by atoms with Gasteiger partial charge in [-0.05, 0) is 50.9 Å². The van der Waals surface area contributed by atoms with Crippen LogP contribution in [0.25, 0.3) is 0 Å². The van der Waals surface area contributed by atoms with Crippen molar-refractivity contribution < 1.29 is 4.39 Å². The minimum absolute atomic E-state index is 0. The first-order valence-corrected chi connectivity index (χ1v) is 9.62. The van der Waals surface area contributed by atoms with Crippen LogP contribution in [-0.2, 0) is 6.54 Å². The Bertz CT molecular complexity index is 548. The van der Waals surface area contributed by atoms with Crippen LogP contribution in [0.5, 0.6) is 0 Å². The average molecular weight is 527 g/mol. The maximum Gasteiger partial charge on any atom is 0.191 e. The molecule has 0 spiro atoms. The molecule has 0 unspecified atom stereocenters. The summed E-state index contributed by atoms with van der Waals surface area (Å²) in [4.78, 5) is 7.07. The molecule has 1 aliphatic rings. The molecular weight excluding hydrogens is 498 g/mol. The summed E-state index contributed by atoms with van der Waals surface area (Å²) in [5, 5.41) is 6.76. The van der Waals surface area contributed by atoms with Crippen molar-refractivity contribution in [2.75, 3.05) is 26.2 Å². The molecule has 0 radical (unpaired) electrons. The second-order valence-electron chi connectivity index (χ2n) is 6.19. The van der Waals surface area contributed by atoms with Crippen molar-refractivity contribution in [3.63, 3.8) is 0 Å². The van der Waals surface area contributed by atoms with Gasteiger partial charge in [0.1, 0.15) is 5.82 Å². The molecule has 0 saturated carbocycles. The van der Waals surface area contributed by atoms with E-state index in [1.54, 1.807) is 12.1 Å². The molecule has 2 rings (SSSR count). The molecule has 1 saturated heterocycles. The lowest BCUT2D eigenvalue weighted by Crippen LogP contribution is -2.48. The normalized spacial score (nSPS) is 16.4. The van der Waals surface area contributed by atoms with Crippen LogP contribution in [0, 0.1) is 5.82 Å². The third-order valence-electron chi connectivity index (χ3n) is 4.23. The van der Waals surface area contributed by atoms with Crippen LogP contribution in [0.15, 0.2) is 27.7 Å². The Hall–Kier alpha value is -0.410. The van der Waals surface area contributed by atoms with E-state index in [0.29, 0.717) is 18.2 Å². The minimum atomic E-state index is -0.217. The summed E-state index contributed by atoms with van der Waals surface area (Å²) in [5.41, 5.74) is 0.597. The van der Waals surface area contributed by atoms with E-state index < -0.39 is 0 Å². The molecule has 1 fully saturated rings. The van der Waals surface area contributed by atoms with E-state index in [-0.39, 0.29) is 29.8 Å². The summed E-state index contributed by atoms with van der Waals surface area (Å²) in [6, 6.07) is 5.39. The SMILES string of the molecule is CCCN1CCC(NC(=NCc2cc(Br)ccc2F)NCC)CC1.I. The average Bonchev–Trinajstić information content (AvgIpc) is 2.57. The summed E-state index contributed by atoms with van der Waals surface area (Å²) >= 11 is 3.38. The van der Waals surface area contributed by atoms with Crippen molar-refractivity contribution in [2.45, 2.75) is 45.7 Å². The molecule has 0 bridgehead atoms. The molecule has 7 heteroatoms. The molecule has 1 aliphatic heterocycles.